The molecule has 2 unspecified atom stereocenters. The number of likely N-dealkylation sites (N-methyl/N-ethyl adjacent to an activating group) is 1. The molecular formula is C15H28BrN3O. The Labute approximate surface area is 131 Å². The Morgan fingerprint density at radius 3 is 2.45 bits per heavy atom. The van der Waals surface area contributed by atoms with E-state index in [4.69, 9.17) is 4.74 Å². The maximum atomic E-state index is 5.63. The molecule has 0 fully saturated rings. The summed E-state index contributed by atoms with van der Waals surface area (Å²) in [5.74, 6) is 0. The molecule has 0 aliphatic heterocycles. The zero-order valence-corrected chi connectivity index (χ0v) is 15.0. The van der Waals surface area contributed by atoms with Crippen molar-refractivity contribution in [2.45, 2.75) is 65.6 Å². The Kier molecular flexibility index (Phi) is 7.77. The van der Waals surface area contributed by atoms with Crippen molar-refractivity contribution in [1.82, 2.24) is 15.1 Å². The number of nitrogens with zero attached hydrogens (tertiary/aromatic N) is 2. The van der Waals surface area contributed by atoms with Crippen LogP contribution in [0.1, 0.15) is 45.5 Å². The molecule has 0 aliphatic rings. The lowest BCUT2D eigenvalue weighted by atomic mass is 10.0. The summed E-state index contributed by atoms with van der Waals surface area (Å²) in [6.07, 6.45) is 3.12. The van der Waals surface area contributed by atoms with E-state index in [9.17, 15) is 0 Å². The topological polar surface area (TPSA) is 39.1 Å². The first kappa shape index (κ1) is 17.7. The lowest BCUT2D eigenvalue weighted by molar-refractivity contribution is 0.0651. The third-order valence-corrected chi connectivity index (χ3v) is 4.64. The van der Waals surface area contributed by atoms with Gasteiger partial charge in [-0.3, -0.25) is 4.68 Å². The Morgan fingerprint density at radius 2 is 2.00 bits per heavy atom. The summed E-state index contributed by atoms with van der Waals surface area (Å²) in [5, 5.41) is 8.22. The highest BCUT2D eigenvalue weighted by atomic mass is 79.9. The molecule has 0 spiro atoms. The van der Waals surface area contributed by atoms with Crippen molar-refractivity contribution in [3.63, 3.8) is 0 Å². The fourth-order valence-corrected chi connectivity index (χ4v) is 3.36. The lowest BCUT2D eigenvalue weighted by Gasteiger charge is -2.26. The maximum absolute atomic E-state index is 5.63. The molecule has 1 rings (SSSR count). The van der Waals surface area contributed by atoms with Gasteiger partial charge in [0.25, 0.3) is 0 Å². The molecule has 1 heterocycles. The summed E-state index contributed by atoms with van der Waals surface area (Å²) in [5.41, 5.74) is 2.41. The van der Waals surface area contributed by atoms with E-state index >= 15 is 0 Å². The second-order valence-corrected chi connectivity index (χ2v) is 5.72. The van der Waals surface area contributed by atoms with Gasteiger partial charge in [-0.2, -0.15) is 5.10 Å². The molecule has 5 heteroatoms. The maximum Gasteiger partial charge on any atom is 0.0766 e. The third-order valence-electron chi connectivity index (χ3n) is 3.73. The van der Waals surface area contributed by atoms with Crippen molar-refractivity contribution < 1.29 is 4.74 Å². The van der Waals surface area contributed by atoms with Gasteiger partial charge in [0.05, 0.1) is 22.0 Å². The summed E-state index contributed by atoms with van der Waals surface area (Å²) < 4.78 is 8.89. The minimum Gasteiger partial charge on any atom is -0.380 e. The average molecular weight is 346 g/mol. The molecule has 2 atom stereocenters. The first-order valence-corrected chi connectivity index (χ1v) is 8.42. The van der Waals surface area contributed by atoms with Crippen LogP contribution in [0, 0.1) is 0 Å². The normalized spacial score (nSPS) is 14.5. The van der Waals surface area contributed by atoms with Crippen LogP contribution in [0.3, 0.4) is 0 Å². The monoisotopic (exact) mass is 345 g/mol. The largest absolute Gasteiger partial charge is 0.380 e. The number of aromatic nitrogens is 2. The summed E-state index contributed by atoms with van der Waals surface area (Å²) in [6.45, 7) is 10.4. The number of ether oxygens (including phenoxy) is 1. The van der Waals surface area contributed by atoms with Crippen molar-refractivity contribution in [3.8, 4) is 0 Å². The predicted molar refractivity (Wildman–Crippen MR) is 87.2 cm³/mol. The Bertz CT molecular complexity index is 402. The van der Waals surface area contributed by atoms with Gasteiger partial charge in [-0.25, -0.2) is 0 Å². The van der Waals surface area contributed by atoms with Crippen molar-refractivity contribution in [2.24, 2.45) is 0 Å². The van der Waals surface area contributed by atoms with E-state index in [-0.39, 0.29) is 6.10 Å². The van der Waals surface area contributed by atoms with Crippen LogP contribution in [-0.2, 0) is 24.1 Å². The highest BCUT2D eigenvalue weighted by molar-refractivity contribution is 9.10. The van der Waals surface area contributed by atoms with Crippen LogP contribution in [0.15, 0.2) is 4.47 Å². The van der Waals surface area contributed by atoms with Gasteiger partial charge >= 0.3 is 0 Å². The number of nitrogens with one attached hydrogen (secondary N) is 1. The molecule has 0 saturated heterocycles. The fourth-order valence-electron chi connectivity index (χ4n) is 2.63. The molecule has 0 bridgehead atoms. The third kappa shape index (κ3) is 4.06. The van der Waals surface area contributed by atoms with Crippen LogP contribution in [0.25, 0.3) is 0 Å². The van der Waals surface area contributed by atoms with Gasteiger partial charge in [-0.1, -0.05) is 20.8 Å². The van der Waals surface area contributed by atoms with Gasteiger partial charge < -0.3 is 10.1 Å². The quantitative estimate of drug-likeness (QED) is 0.747. The molecular weight excluding hydrogens is 318 g/mol. The van der Waals surface area contributed by atoms with Crippen molar-refractivity contribution >= 4 is 15.9 Å². The van der Waals surface area contributed by atoms with E-state index in [1.54, 1.807) is 7.11 Å². The van der Waals surface area contributed by atoms with E-state index in [0.29, 0.717) is 6.04 Å². The SMILES string of the molecule is CCNC(Cc1c(Br)c(CC)nn1CC)C(CC)OC. The number of hydrogen-bond acceptors (Lipinski definition) is 3. The van der Waals surface area contributed by atoms with Gasteiger partial charge in [0.15, 0.2) is 0 Å². The minimum atomic E-state index is 0.229. The standard InChI is InChI=1S/C15H28BrN3O/c1-6-11-15(16)13(19(9-4)18-11)10-12(17-8-3)14(7-2)20-5/h12,14,17H,6-10H2,1-5H3. The van der Waals surface area contributed by atoms with E-state index < -0.39 is 0 Å². The van der Waals surface area contributed by atoms with Gasteiger partial charge in [-0.15, -0.1) is 0 Å². The van der Waals surface area contributed by atoms with E-state index in [1.165, 1.54) is 5.69 Å². The predicted octanol–water partition coefficient (Wildman–Crippen LogP) is 3.17. The molecule has 116 valence electrons. The molecule has 0 radical (unpaired) electrons. The zero-order chi connectivity index (χ0) is 15.1. The summed E-state index contributed by atoms with van der Waals surface area (Å²) in [6, 6.07) is 0.318. The summed E-state index contributed by atoms with van der Waals surface area (Å²) in [7, 11) is 1.79. The van der Waals surface area contributed by atoms with Gasteiger partial charge in [-0.05, 0) is 42.2 Å². The number of aryl methyl sites for hydroxylation is 2. The Hall–Kier alpha value is -0.390. The van der Waals surface area contributed by atoms with E-state index in [0.717, 1.165) is 42.5 Å². The molecule has 20 heavy (non-hydrogen) atoms. The van der Waals surface area contributed by atoms with Crippen LogP contribution >= 0.6 is 15.9 Å². The average Bonchev–Trinajstić information content (AvgIpc) is 2.76. The van der Waals surface area contributed by atoms with Crippen LogP contribution < -0.4 is 5.32 Å². The first-order chi connectivity index (χ1) is 9.62. The highest BCUT2D eigenvalue weighted by Gasteiger charge is 2.23. The van der Waals surface area contributed by atoms with E-state index in [2.05, 4.69) is 58.7 Å². The van der Waals surface area contributed by atoms with Gasteiger partial charge in [0, 0.05) is 26.1 Å². The molecule has 4 nitrogen and oxygen atoms in total. The van der Waals surface area contributed by atoms with Crippen LogP contribution in [-0.4, -0.2) is 35.6 Å². The number of methoxy groups -OCH3 is 1. The molecule has 0 aliphatic carbocycles. The highest BCUT2D eigenvalue weighted by Crippen LogP contribution is 2.24. The minimum absolute atomic E-state index is 0.229. The molecule has 1 aromatic rings. The van der Waals surface area contributed by atoms with Crippen LogP contribution in [0.5, 0.6) is 0 Å². The van der Waals surface area contributed by atoms with Crippen LogP contribution in [0.4, 0.5) is 0 Å². The molecule has 1 N–H and O–H groups in total. The van der Waals surface area contributed by atoms with Crippen LogP contribution in [0.2, 0.25) is 0 Å². The van der Waals surface area contributed by atoms with Gasteiger partial charge in [0.2, 0.25) is 0 Å². The summed E-state index contributed by atoms with van der Waals surface area (Å²) >= 11 is 3.72. The first-order valence-electron chi connectivity index (χ1n) is 7.62. The Balaban J connectivity index is 3.00. The van der Waals surface area contributed by atoms with Crippen molar-refractivity contribution in [1.29, 1.82) is 0 Å². The van der Waals surface area contributed by atoms with Crippen molar-refractivity contribution in [3.05, 3.63) is 15.9 Å². The van der Waals surface area contributed by atoms with Gasteiger partial charge in [0.1, 0.15) is 0 Å². The molecule has 0 saturated carbocycles. The van der Waals surface area contributed by atoms with E-state index in [1.807, 2.05) is 0 Å². The fraction of sp³-hybridized carbons (Fsp3) is 0.800. The lowest BCUT2D eigenvalue weighted by Crippen LogP contribution is -2.42. The number of halogens is 1. The second kappa shape index (κ2) is 8.80. The second-order valence-electron chi connectivity index (χ2n) is 4.93. The molecule has 0 aromatic carbocycles. The molecule has 1 aromatic heterocycles. The summed E-state index contributed by atoms with van der Waals surface area (Å²) in [4.78, 5) is 0. The number of hydrogen-bond donors (Lipinski definition) is 1. The van der Waals surface area contributed by atoms with Crippen molar-refractivity contribution in [2.75, 3.05) is 13.7 Å². The number of rotatable bonds is 9. The Morgan fingerprint density at radius 1 is 1.30 bits per heavy atom. The zero-order valence-electron chi connectivity index (χ0n) is 13.4. The molecule has 0 amide bonds. The smallest absolute Gasteiger partial charge is 0.0766 e.